The number of aryl methyl sites for hydroxylation is 2. The second kappa shape index (κ2) is 5.58. The van der Waals surface area contributed by atoms with Crippen molar-refractivity contribution in [1.82, 2.24) is 0 Å². The molecule has 0 spiro atoms. The van der Waals surface area contributed by atoms with Crippen molar-refractivity contribution in [2.75, 3.05) is 5.32 Å². The van der Waals surface area contributed by atoms with E-state index in [1.807, 2.05) is 0 Å². The smallest absolute Gasteiger partial charge is 0.0623 e. The van der Waals surface area contributed by atoms with Crippen molar-refractivity contribution >= 4 is 5.69 Å². The largest absolute Gasteiger partial charge is 0.377 e. The zero-order valence-electron chi connectivity index (χ0n) is 13.6. The van der Waals surface area contributed by atoms with Crippen LogP contribution >= 0.6 is 0 Å². The Kier molecular flexibility index (Phi) is 3.42. The van der Waals surface area contributed by atoms with Crippen LogP contribution in [0.1, 0.15) is 39.8 Å². The molecular weight excluding hydrogens is 278 g/mol. The average molecular weight is 299 g/mol. The van der Waals surface area contributed by atoms with Gasteiger partial charge in [-0.3, -0.25) is 0 Å². The van der Waals surface area contributed by atoms with E-state index in [9.17, 15) is 0 Å². The van der Waals surface area contributed by atoms with Crippen molar-refractivity contribution in [2.45, 2.75) is 25.8 Å². The van der Waals surface area contributed by atoms with Crippen LogP contribution in [0, 0.1) is 13.8 Å². The molecule has 3 aromatic carbocycles. The summed E-state index contributed by atoms with van der Waals surface area (Å²) in [5.74, 6) is 0.354. The number of anilines is 1. The first-order valence-corrected chi connectivity index (χ1v) is 8.21. The Morgan fingerprint density at radius 3 is 2.00 bits per heavy atom. The molecule has 0 amide bonds. The van der Waals surface area contributed by atoms with Crippen LogP contribution in [0.5, 0.6) is 0 Å². The Bertz CT molecular complexity index is 821. The van der Waals surface area contributed by atoms with Crippen molar-refractivity contribution < 1.29 is 0 Å². The third-order valence-corrected chi connectivity index (χ3v) is 4.80. The summed E-state index contributed by atoms with van der Waals surface area (Å²) in [6.45, 7) is 4.39. The van der Waals surface area contributed by atoms with Crippen molar-refractivity contribution in [2.24, 2.45) is 0 Å². The van der Waals surface area contributed by atoms with E-state index in [-0.39, 0.29) is 6.04 Å². The van der Waals surface area contributed by atoms with Crippen LogP contribution in [0.15, 0.2) is 72.8 Å². The minimum absolute atomic E-state index is 0.286. The topological polar surface area (TPSA) is 12.0 Å². The highest BCUT2D eigenvalue weighted by Gasteiger charge is 2.35. The lowest BCUT2D eigenvalue weighted by molar-refractivity contribution is 0.713. The number of rotatable bonds is 2. The first-order valence-electron chi connectivity index (χ1n) is 8.21. The van der Waals surface area contributed by atoms with Crippen molar-refractivity contribution in [3.05, 3.63) is 101 Å². The molecule has 1 heteroatoms. The SMILES string of the molecule is Cc1cc(C)c2c(c1)C(c1ccccc1)C(c1ccccc1)N2. The highest BCUT2D eigenvalue weighted by atomic mass is 15.0. The number of hydrogen-bond acceptors (Lipinski definition) is 1. The van der Waals surface area contributed by atoms with Gasteiger partial charge in [-0.1, -0.05) is 78.4 Å². The molecule has 0 saturated carbocycles. The maximum Gasteiger partial charge on any atom is 0.0623 e. The van der Waals surface area contributed by atoms with Gasteiger partial charge < -0.3 is 5.32 Å². The molecule has 1 aliphatic rings. The normalized spacial score (nSPS) is 19.2. The second-order valence-electron chi connectivity index (χ2n) is 6.47. The fourth-order valence-corrected chi connectivity index (χ4v) is 3.83. The van der Waals surface area contributed by atoms with E-state index >= 15 is 0 Å². The lowest BCUT2D eigenvalue weighted by Crippen LogP contribution is -2.12. The fourth-order valence-electron chi connectivity index (χ4n) is 3.83. The molecule has 0 aliphatic carbocycles. The highest BCUT2D eigenvalue weighted by molar-refractivity contribution is 5.68. The molecule has 2 unspecified atom stereocenters. The molecule has 1 heterocycles. The molecule has 4 rings (SSSR count). The molecule has 0 bridgehead atoms. The predicted octanol–water partition coefficient (Wildman–Crippen LogP) is 5.60. The molecule has 23 heavy (non-hydrogen) atoms. The van der Waals surface area contributed by atoms with Gasteiger partial charge in [0.25, 0.3) is 0 Å². The molecule has 0 fully saturated rings. The molecule has 0 radical (unpaired) electrons. The second-order valence-corrected chi connectivity index (χ2v) is 6.47. The monoisotopic (exact) mass is 299 g/mol. The third-order valence-electron chi connectivity index (χ3n) is 4.80. The summed E-state index contributed by atoms with van der Waals surface area (Å²) in [6.07, 6.45) is 0. The number of nitrogens with one attached hydrogen (secondary N) is 1. The van der Waals surface area contributed by atoms with Crippen LogP contribution in [-0.2, 0) is 0 Å². The first-order chi connectivity index (χ1) is 11.2. The van der Waals surface area contributed by atoms with Gasteiger partial charge >= 0.3 is 0 Å². The summed E-state index contributed by atoms with van der Waals surface area (Å²) in [5, 5.41) is 3.79. The Labute approximate surface area is 138 Å². The number of hydrogen-bond donors (Lipinski definition) is 1. The van der Waals surface area contributed by atoms with Crippen LogP contribution in [-0.4, -0.2) is 0 Å². The molecule has 114 valence electrons. The Balaban J connectivity index is 1.90. The van der Waals surface area contributed by atoms with Crippen LogP contribution < -0.4 is 5.32 Å². The number of benzene rings is 3. The van der Waals surface area contributed by atoms with Crippen molar-refractivity contribution in [3.63, 3.8) is 0 Å². The zero-order chi connectivity index (χ0) is 15.8. The Hall–Kier alpha value is -2.54. The molecule has 1 aliphatic heterocycles. The minimum Gasteiger partial charge on any atom is -0.377 e. The lowest BCUT2D eigenvalue weighted by Gasteiger charge is -2.21. The molecule has 0 aromatic heterocycles. The summed E-state index contributed by atoms with van der Waals surface area (Å²) in [7, 11) is 0. The lowest BCUT2D eigenvalue weighted by atomic mass is 9.84. The van der Waals surface area contributed by atoms with Crippen LogP contribution in [0.4, 0.5) is 5.69 Å². The van der Waals surface area contributed by atoms with Gasteiger partial charge in [-0.15, -0.1) is 0 Å². The summed E-state index contributed by atoms with van der Waals surface area (Å²) >= 11 is 0. The van der Waals surface area contributed by atoms with Crippen LogP contribution in [0.2, 0.25) is 0 Å². The van der Waals surface area contributed by atoms with E-state index in [2.05, 4.69) is 92.0 Å². The highest BCUT2D eigenvalue weighted by Crippen LogP contribution is 2.49. The van der Waals surface area contributed by atoms with E-state index < -0.39 is 0 Å². The molecule has 3 aromatic rings. The first kappa shape index (κ1) is 14.1. The molecule has 2 atom stereocenters. The van der Waals surface area contributed by atoms with E-state index in [0.717, 1.165) is 0 Å². The summed E-state index contributed by atoms with van der Waals surface area (Å²) in [4.78, 5) is 0. The van der Waals surface area contributed by atoms with Gasteiger partial charge in [0, 0.05) is 11.6 Å². The Morgan fingerprint density at radius 1 is 0.739 bits per heavy atom. The molecule has 1 N–H and O–H groups in total. The van der Waals surface area contributed by atoms with E-state index in [1.54, 1.807) is 0 Å². The molecule has 0 saturated heterocycles. The van der Waals surface area contributed by atoms with Gasteiger partial charge in [-0.25, -0.2) is 0 Å². The quantitative estimate of drug-likeness (QED) is 0.649. The molecular formula is C22H21N. The van der Waals surface area contributed by atoms with Gasteiger partial charge in [-0.2, -0.15) is 0 Å². The van der Waals surface area contributed by atoms with Gasteiger partial charge in [0.05, 0.1) is 6.04 Å². The van der Waals surface area contributed by atoms with Crippen LogP contribution in [0.25, 0.3) is 0 Å². The summed E-state index contributed by atoms with van der Waals surface area (Å²) in [5.41, 5.74) is 8.10. The van der Waals surface area contributed by atoms with Crippen molar-refractivity contribution in [3.8, 4) is 0 Å². The summed E-state index contributed by atoms with van der Waals surface area (Å²) < 4.78 is 0. The van der Waals surface area contributed by atoms with E-state index in [0.29, 0.717) is 5.92 Å². The van der Waals surface area contributed by atoms with Gasteiger partial charge in [0.2, 0.25) is 0 Å². The zero-order valence-corrected chi connectivity index (χ0v) is 13.6. The van der Waals surface area contributed by atoms with Crippen molar-refractivity contribution in [1.29, 1.82) is 0 Å². The maximum absolute atomic E-state index is 3.79. The third kappa shape index (κ3) is 2.43. The van der Waals surface area contributed by atoms with Crippen LogP contribution in [0.3, 0.4) is 0 Å². The summed E-state index contributed by atoms with van der Waals surface area (Å²) in [6, 6.07) is 26.5. The van der Waals surface area contributed by atoms with Gasteiger partial charge in [-0.05, 0) is 36.1 Å². The standard InChI is InChI=1S/C22H21N/c1-15-13-16(2)21-19(14-15)20(17-9-5-3-6-10-17)22(23-21)18-11-7-4-8-12-18/h3-14,20,22-23H,1-2H3. The van der Waals surface area contributed by atoms with Gasteiger partial charge in [0.15, 0.2) is 0 Å². The maximum atomic E-state index is 3.79. The fraction of sp³-hybridized carbons (Fsp3) is 0.182. The van der Waals surface area contributed by atoms with Gasteiger partial charge in [0.1, 0.15) is 0 Å². The Morgan fingerprint density at radius 2 is 1.35 bits per heavy atom. The minimum atomic E-state index is 0.286. The predicted molar refractivity (Wildman–Crippen MR) is 97.0 cm³/mol. The van der Waals surface area contributed by atoms with E-state index in [1.165, 1.54) is 33.5 Å². The molecule has 1 nitrogen and oxygen atoms in total. The van der Waals surface area contributed by atoms with E-state index in [4.69, 9.17) is 0 Å². The average Bonchev–Trinajstić information content (AvgIpc) is 2.96. The number of fused-ring (bicyclic) bond motifs is 1.